The molecule has 1 atom stereocenters. The van der Waals surface area contributed by atoms with E-state index in [9.17, 15) is 0 Å². The van der Waals surface area contributed by atoms with Crippen LogP contribution in [0.4, 0.5) is 0 Å². The van der Waals surface area contributed by atoms with Gasteiger partial charge in [0, 0.05) is 0 Å². The van der Waals surface area contributed by atoms with Crippen LogP contribution in [0.25, 0.3) is 0 Å². The first-order valence-corrected chi connectivity index (χ1v) is 5.29. The minimum absolute atomic E-state index is 0.606. The standard InChI is InChI=1S/C12H17Br/c1-6-12(13)8-7-10(4)11(5)9(2)3/h1,7-9,11H,2-5H3/b10-7+,12-8+. The molecule has 1 heteroatoms. The lowest BCUT2D eigenvalue weighted by molar-refractivity contribution is 0.480. The molecule has 0 aromatic carbocycles. The molecule has 0 heterocycles. The van der Waals surface area contributed by atoms with Crippen LogP contribution in [0.5, 0.6) is 0 Å². The molecule has 0 rings (SSSR count). The highest BCUT2D eigenvalue weighted by atomic mass is 79.9. The predicted octanol–water partition coefficient (Wildman–Crippen LogP) is 4.14. The van der Waals surface area contributed by atoms with Gasteiger partial charge in [-0.2, -0.15) is 0 Å². The molecule has 0 spiro atoms. The molecule has 0 saturated carbocycles. The number of allylic oxidation sites excluding steroid dienone is 4. The molecule has 0 bridgehead atoms. The summed E-state index contributed by atoms with van der Waals surface area (Å²) in [5, 5.41) is 0. The van der Waals surface area contributed by atoms with Crippen LogP contribution in [-0.4, -0.2) is 0 Å². The van der Waals surface area contributed by atoms with Crippen LogP contribution >= 0.6 is 15.9 Å². The second kappa shape index (κ2) is 6.05. The zero-order chi connectivity index (χ0) is 10.4. The van der Waals surface area contributed by atoms with E-state index in [2.05, 4.69) is 55.6 Å². The number of rotatable bonds is 3. The molecule has 0 nitrogen and oxygen atoms in total. The summed E-state index contributed by atoms with van der Waals surface area (Å²) in [6.07, 6.45) is 9.20. The summed E-state index contributed by atoms with van der Waals surface area (Å²) in [5.41, 5.74) is 1.36. The summed E-state index contributed by atoms with van der Waals surface area (Å²) in [5.74, 6) is 3.80. The number of halogens is 1. The van der Waals surface area contributed by atoms with Crippen LogP contribution in [-0.2, 0) is 0 Å². The zero-order valence-corrected chi connectivity index (χ0v) is 10.4. The lowest BCUT2D eigenvalue weighted by atomic mass is 9.91. The minimum atomic E-state index is 0.606. The van der Waals surface area contributed by atoms with Crippen molar-refractivity contribution in [2.24, 2.45) is 11.8 Å². The second-order valence-corrected chi connectivity index (χ2v) is 4.46. The van der Waals surface area contributed by atoms with Crippen LogP contribution in [0.3, 0.4) is 0 Å². The Labute approximate surface area is 90.2 Å². The summed E-state index contributed by atoms with van der Waals surface area (Å²) >= 11 is 3.27. The van der Waals surface area contributed by atoms with E-state index in [0.717, 1.165) is 4.48 Å². The van der Waals surface area contributed by atoms with Crippen molar-refractivity contribution in [3.05, 3.63) is 22.2 Å². The fraction of sp³-hybridized carbons (Fsp3) is 0.500. The number of hydrogen-bond donors (Lipinski definition) is 0. The van der Waals surface area contributed by atoms with Crippen molar-refractivity contribution in [2.75, 3.05) is 0 Å². The Morgan fingerprint density at radius 2 is 1.85 bits per heavy atom. The summed E-state index contributed by atoms with van der Waals surface area (Å²) in [6.45, 7) is 8.82. The summed E-state index contributed by atoms with van der Waals surface area (Å²) in [4.78, 5) is 0. The first-order valence-electron chi connectivity index (χ1n) is 4.49. The lowest BCUT2D eigenvalue weighted by Gasteiger charge is -2.15. The van der Waals surface area contributed by atoms with Gasteiger partial charge in [-0.1, -0.05) is 38.3 Å². The average Bonchev–Trinajstić information content (AvgIpc) is 2.11. The first kappa shape index (κ1) is 12.5. The Balaban J connectivity index is 4.44. The molecule has 0 aliphatic rings. The molecule has 0 aromatic rings. The van der Waals surface area contributed by atoms with Gasteiger partial charge in [0.2, 0.25) is 0 Å². The number of hydrogen-bond acceptors (Lipinski definition) is 0. The second-order valence-electron chi connectivity index (χ2n) is 3.60. The Bertz CT molecular complexity index is 251. The monoisotopic (exact) mass is 240 g/mol. The van der Waals surface area contributed by atoms with Gasteiger partial charge >= 0.3 is 0 Å². The third-order valence-corrected chi connectivity index (χ3v) is 2.84. The fourth-order valence-corrected chi connectivity index (χ4v) is 1.06. The first-order chi connectivity index (χ1) is 5.99. The van der Waals surface area contributed by atoms with E-state index in [1.165, 1.54) is 5.57 Å². The Morgan fingerprint density at radius 1 is 1.31 bits per heavy atom. The molecular weight excluding hydrogens is 224 g/mol. The smallest absolute Gasteiger partial charge is 0.0671 e. The Hall–Kier alpha value is -0.480. The molecule has 72 valence electrons. The van der Waals surface area contributed by atoms with E-state index in [1.807, 2.05) is 6.08 Å². The summed E-state index contributed by atoms with van der Waals surface area (Å²) < 4.78 is 0.794. The molecule has 0 fully saturated rings. The SMILES string of the molecule is C#C/C(Br)=C\C=C(/C)C(C)C(C)C. The molecule has 0 aromatic heterocycles. The molecule has 0 saturated heterocycles. The van der Waals surface area contributed by atoms with Gasteiger partial charge in [-0.15, -0.1) is 6.42 Å². The van der Waals surface area contributed by atoms with Crippen LogP contribution < -0.4 is 0 Å². The molecule has 0 amide bonds. The van der Waals surface area contributed by atoms with Gasteiger partial charge < -0.3 is 0 Å². The predicted molar refractivity (Wildman–Crippen MR) is 63.6 cm³/mol. The van der Waals surface area contributed by atoms with Gasteiger partial charge in [0.05, 0.1) is 4.48 Å². The highest BCUT2D eigenvalue weighted by molar-refractivity contribution is 9.12. The van der Waals surface area contributed by atoms with Gasteiger partial charge in [-0.05, 0) is 40.8 Å². The molecule has 0 aliphatic heterocycles. The fourth-order valence-electron chi connectivity index (χ4n) is 0.930. The van der Waals surface area contributed by atoms with Gasteiger partial charge in [-0.3, -0.25) is 0 Å². The topological polar surface area (TPSA) is 0 Å². The van der Waals surface area contributed by atoms with Crippen molar-refractivity contribution >= 4 is 15.9 Å². The van der Waals surface area contributed by atoms with Crippen molar-refractivity contribution in [2.45, 2.75) is 27.7 Å². The van der Waals surface area contributed by atoms with E-state index in [0.29, 0.717) is 11.8 Å². The Morgan fingerprint density at radius 3 is 2.23 bits per heavy atom. The Kier molecular flexibility index (Phi) is 5.82. The summed E-state index contributed by atoms with van der Waals surface area (Å²) in [6, 6.07) is 0. The van der Waals surface area contributed by atoms with E-state index in [-0.39, 0.29) is 0 Å². The summed E-state index contributed by atoms with van der Waals surface area (Å²) in [7, 11) is 0. The molecule has 1 unspecified atom stereocenters. The zero-order valence-electron chi connectivity index (χ0n) is 8.76. The average molecular weight is 241 g/mol. The number of terminal acetylenes is 1. The van der Waals surface area contributed by atoms with Crippen LogP contribution in [0.1, 0.15) is 27.7 Å². The highest BCUT2D eigenvalue weighted by Gasteiger charge is 2.07. The van der Waals surface area contributed by atoms with Crippen molar-refractivity contribution in [1.82, 2.24) is 0 Å². The van der Waals surface area contributed by atoms with E-state index < -0.39 is 0 Å². The van der Waals surface area contributed by atoms with Gasteiger partial charge in [0.1, 0.15) is 0 Å². The van der Waals surface area contributed by atoms with E-state index in [1.54, 1.807) is 0 Å². The molecule has 0 N–H and O–H groups in total. The van der Waals surface area contributed by atoms with Gasteiger partial charge in [-0.25, -0.2) is 0 Å². The van der Waals surface area contributed by atoms with Crippen molar-refractivity contribution in [3.63, 3.8) is 0 Å². The van der Waals surface area contributed by atoms with Gasteiger partial charge in [0.25, 0.3) is 0 Å². The van der Waals surface area contributed by atoms with Crippen LogP contribution in [0, 0.1) is 24.2 Å². The van der Waals surface area contributed by atoms with Gasteiger partial charge in [0.15, 0.2) is 0 Å². The molecule has 0 radical (unpaired) electrons. The molecule has 13 heavy (non-hydrogen) atoms. The maximum absolute atomic E-state index is 5.20. The maximum Gasteiger partial charge on any atom is 0.0671 e. The quantitative estimate of drug-likeness (QED) is 0.514. The third-order valence-electron chi connectivity index (χ3n) is 2.35. The van der Waals surface area contributed by atoms with Crippen molar-refractivity contribution in [3.8, 4) is 12.3 Å². The maximum atomic E-state index is 5.20. The molecular formula is C12H17Br. The van der Waals surface area contributed by atoms with Crippen molar-refractivity contribution in [1.29, 1.82) is 0 Å². The van der Waals surface area contributed by atoms with E-state index in [4.69, 9.17) is 6.42 Å². The van der Waals surface area contributed by atoms with Crippen LogP contribution in [0.2, 0.25) is 0 Å². The lowest BCUT2D eigenvalue weighted by Crippen LogP contribution is -2.04. The normalized spacial score (nSPS) is 15.8. The minimum Gasteiger partial charge on any atom is -0.114 e. The molecule has 0 aliphatic carbocycles. The largest absolute Gasteiger partial charge is 0.114 e. The van der Waals surface area contributed by atoms with Crippen molar-refractivity contribution < 1.29 is 0 Å². The third kappa shape index (κ3) is 4.95. The van der Waals surface area contributed by atoms with Crippen LogP contribution in [0.15, 0.2) is 22.2 Å². The highest BCUT2D eigenvalue weighted by Crippen LogP contribution is 2.19. The van der Waals surface area contributed by atoms with E-state index >= 15 is 0 Å².